The van der Waals surface area contributed by atoms with Crippen LogP contribution in [0, 0.1) is 0 Å². The Bertz CT molecular complexity index is 448. The lowest BCUT2D eigenvalue weighted by atomic mass is 9.98. The maximum atomic E-state index is 11.1. The van der Waals surface area contributed by atoms with Crippen LogP contribution in [-0.4, -0.2) is 35.2 Å². The van der Waals surface area contributed by atoms with Crippen LogP contribution in [0.4, 0.5) is 0 Å². The van der Waals surface area contributed by atoms with E-state index in [4.69, 9.17) is 4.74 Å². The van der Waals surface area contributed by atoms with Gasteiger partial charge >= 0.3 is 0 Å². The molecular weight excluding hydrogens is 230 g/mol. The van der Waals surface area contributed by atoms with Crippen LogP contribution in [0.2, 0.25) is 0 Å². The van der Waals surface area contributed by atoms with Crippen LogP contribution in [0.15, 0.2) is 6.20 Å². The zero-order valence-electron chi connectivity index (χ0n) is 9.16. The molecule has 7 heteroatoms. The summed E-state index contributed by atoms with van der Waals surface area (Å²) in [6.45, 7) is 0. The molecular formula is C9H15N3O3S. The highest BCUT2D eigenvalue weighted by atomic mass is 32.2. The van der Waals surface area contributed by atoms with Gasteiger partial charge in [0, 0.05) is 0 Å². The zero-order chi connectivity index (χ0) is 11.6. The summed E-state index contributed by atoms with van der Waals surface area (Å²) in [5, 5.41) is 7.19. The maximum absolute atomic E-state index is 11.1. The van der Waals surface area contributed by atoms with E-state index in [-0.39, 0.29) is 12.0 Å². The average Bonchev–Trinajstić information content (AvgIpc) is 2.67. The number of rotatable bonds is 3. The van der Waals surface area contributed by atoms with Gasteiger partial charge in [-0.15, -0.1) is 4.09 Å². The Kier molecular flexibility index (Phi) is 3.13. The molecule has 1 saturated carbocycles. The van der Waals surface area contributed by atoms with Crippen LogP contribution in [0.25, 0.3) is 0 Å². The number of aromatic nitrogens is 3. The number of hydrogen-bond donors (Lipinski definition) is 0. The predicted octanol–water partition coefficient (Wildman–Crippen LogP) is 0.797. The molecule has 0 unspecified atom stereocenters. The van der Waals surface area contributed by atoms with Crippen LogP contribution in [0.3, 0.4) is 0 Å². The number of nitrogens with zero attached hydrogens (tertiary/aromatic N) is 3. The Balaban J connectivity index is 2.02. The van der Waals surface area contributed by atoms with Crippen LogP contribution in [0.1, 0.15) is 32.1 Å². The molecule has 1 aliphatic carbocycles. The SMILES string of the molecule is CS(=O)(=O)n1cc(OC2CCCCC2)nn1. The molecule has 90 valence electrons. The minimum Gasteiger partial charge on any atom is -0.472 e. The summed E-state index contributed by atoms with van der Waals surface area (Å²) in [5.41, 5.74) is 0. The second kappa shape index (κ2) is 4.40. The minimum absolute atomic E-state index is 0.151. The van der Waals surface area contributed by atoms with Gasteiger partial charge in [-0.25, -0.2) is 8.42 Å². The standard InChI is InChI=1S/C9H15N3O3S/c1-16(13,14)12-7-9(10-11-12)15-8-5-3-2-4-6-8/h7-8H,2-6H2,1H3. The van der Waals surface area contributed by atoms with Crippen molar-refractivity contribution in [1.29, 1.82) is 0 Å². The molecule has 0 aromatic carbocycles. The van der Waals surface area contributed by atoms with Gasteiger partial charge in [0.05, 0.1) is 6.26 Å². The van der Waals surface area contributed by atoms with Gasteiger partial charge in [-0.3, -0.25) is 0 Å². The predicted molar refractivity (Wildman–Crippen MR) is 57.8 cm³/mol. The zero-order valence-corrected chi connectivity index (χ0v) is 9.98. The molecule has 0 aliphatic heterocycles. The molecule has 0 N–H and O–H groups in total. The molecule has 1 heterocycles. The normalized spacial score (nSPS) is 18.6. The third kappa shape index (κ3) is 2.72. The first kappa shape index (κ1) is 11.4. The van der Waals surface area contributed by atoms with Gasteiger partial charge < -0.3 is 4.74 Å². The lowest BCUT2D eigenvalue weighted by Gasteiger charge is -2.21. The topological polar surface area (TPSA) is 74.1 Å². The Morgan fingerprint density at radius 2 is 2.06 bits per heavy atom. The molecule has 6 nitrogen and oxygen atoms in total. The van der Waals surface area contributed by atoms with Gasteiger partial charge in [0.1, 0.15) is 12.3 Å². The van der Waals surface area contributed by atoms with E-state index >= 15 is 0 Å². The van der Waals surface area contributed by atoms with Crippen LogP contribution in [-0.2, 0) is 10.0 Å². The largest absolute Gasteiger partial charge is 0.472 e. The summed E-state index contributed by atoms with van der Waals surface area (Å²) in [6, 6.07) is 0. The van der Waals surface area contributed by atoms with Gasteiger partial charge in [0.15, 0.2) is 0 Å². The van der Waals surface area contributed by atoms with Crippen molar-refractivity contribution < 1.29 is 13.2 Å². The van der Waals surface area contributed by atoms with E-state index < -0.39 is 10.0 Å². The molecule has 16 heavy (non-hydrogen) atoms. The smallest absolute Gasteiger partial charge is 0.255 e. The first-order chi connectivity index (χ1) is 7.55. The van der Waals surface area contributed by atoms with Crippen LogP contribution < -0.4 is 4.74 Å². The van der Waals surface area contributed by atoms with Crippen LogP contribution >= 0.6 is 0 Å². The molecule has 2 rings (SSSR count). The molecule has 0 atom stereocenters. The molecule has 0 saturated heterocycles. The first-order valence-electron chi connectivity index (χ1n) is 5.35. The monoisotopic (exact) mass is 245 g/mol. The fourth-order valence-electron chi connectivity index (χ4n) is 1.80. The quantitative estimate of drug-likeness (QED) is 0.787. The van der Waals surface area contributed by atoms with Gasteiger partial charge in [0.25, 0.3) is 15.9 Å². The van der Waals surface area contributed by atoms with E-state index in [9.17, 15) is 8.42 Å². The highest BCUT2D eigenvalue weighted by Crippen LogP contribution is 2.21. The molecule has 0 radical (unpaired) electrons. The van der Waals surface area contributed by atoms with Crippen LogP contribution in [0.5, 0.6) is 5.88 Å². The Morgan fingerprint density at radius 3 is 2.62 bits per heavy atom. The van der Waals surface area contributed by atoms with Crippen molar-refractivity contribution in [3.8, 4) is 5.88 Å². The molecule has 0 bridgehead atoms. The Labute approximate surface area is 94.6 Å². The molecule has 0 spiro atoms. The van der Waals surface area contributed by atoms with E-state index in [0.717, 1.165) is 36.0 Å². The highest BCUT2D eigenvalue weighted by molar-refractivity contribution is 7.89. The van der Waals surface area contributed by atoms with Gasteiger partial charge in [-0.1, -0.05) is 11.5 Å². The number of hydrogen-bond acceptors (Lipinski definition) is 5. The molecule has 1 aromatic rings. The molecule has 1 fully saturated rings. The summed E-state index contributed by atoms with van der Waals surface area (Å²) in [6.07, 6.45) is 8.11. The molecule has 1 aromatic heterocycles. The van der Waals surface area contributed by atoms with Crippen molar-refractivity contribution in [2.45, 2.75) is 38.2 Å². The fraction of sp³-hybridized carbons (Fsp3) is 0.778. The molecule has 0 amide bonds. The lowest BCUT2D eigenvalue weighted by molar-refractivity contribution is 0.148. The summed E-state index contributed by atoms with van der Waals surface area (Å²) in [7, 11) is -3.36. The van der Waals surface area contributed by atoms with Gasteiger partial charge in [0.2, 0.25) is 0 Å². The summed E-state index contributed by atoms with van der Waals surface area (Å²) in [4.78, 5) is 0. The summed E-state index contributed by atoms with van der Waals surface area (Å²) in [5.74, 6) is 0.289. The van der Waals surface area contributed by atoms with Crippen molar-refractivity contribution in [2.24, 2.45) is 0 Å². The van der Waals surface area contributed by atoms with Crippen molar-refractivity contribution >= 4 is 10.0 Å². The summed E-state index contributed by atoms with van der Waals surface area (Å²) >= 11 is 0. The van der Waals surface area contributed by atoms with Crippen molar-refractivity contribution in [1.82, 2.24) is 14.4 Å². The first-order valence-corrected chi connectivity index (χ1v) is 7.20. The second-order valence-electron chi connectivity index (χ2n) is 4.07. The third-order valence-electron chi connectivity index (χ3n) is 2.63. The van der Waals surface area contributed by atoms with E-state index in [1.165, 1.54) is 12.6 Å². The minimum atomic E-state index is -3.36. The summed E-state index contributed by atoms with van der Waals surface area (Å²) < 4.78 is 28.7. The average molecular weight is 245 g/mol. The third-order valence-corrected chi connectivity index (χ3v) is 3.49. The fourth-order valence-corrected chi connectivity index (χ4v) is 2.25. The highest BCUT2D eigenvalue weighted by Gasteiger charge is 2.17. The number of ether oxygens (including phenoxy) is 1. The van der Waals surface area contributed by atoms with Crippen molar-refractivity contribution in [2.75, 3.05) is 6.26 Å². The van der Waals surface area contributed by atoms with E-state index in [2.05, 4.69) is 10.3 Å². The van der Waals surface area contributed by atoms with E-state index in [0.29, 0.717) is 0 Å². The van der Waals surface area contributed by atoms with Gasteiger partial charge in [-0.05, 0) is 30.9 Å². The lowest BCUT2D eigenvalue weighted by Crippen LogP contribution is -2.19. The van der Waals surface area contributed by atoms with E-state index in [1.54, 1.807) is 0 Å². The van der Waals surface area contributed by atoms with Crippen molar-refractivity contribution in [3.05, 3.63) is 6.20 Å². The Hall–Kier alpha value is -1.11. The second-order valence-corrected chi connectivity index (χ2v) is 5.91. The van der Waals surface area contributed by atoms with Crippen molar-refractivity contribution in [3.63, 3.8) is 0 Å². The van der Waals surface area contributed by atoms with Gasteiger partial charge in [-0.2, -0.15) is 0 Å². The maximum Gasteiger partial charge on any atom is 0.255 e. The molecule has 1 aliphatic rings. The van der Waals surface area contributed by atoms with E-state index in [1.807, 2.05) is 0 Å². The Morgan fingerprint density at radius 1 is 1.38 bits per heavy atom.